The molecule has 124 valence electrons. The maximum absolute atomic E-state index is 12.9. The van der Waals surface area contributed by atoms with Gasteiger partial charge in [0.15, 0.2) is 0 Å². The molecule has 3 amide bonds. The quantitative estimate of drug-likeness (QED) is 0.863. The lowest BCUT2D eigenvalue weighted by molar-refractivity contribution is -0.140. The van der Waals surface area contributed by atoms with Crippen molar-refractivity contribution in [3.63, 3.8) is 0 Å². The zero-order valence-electron chi connectivity index (χ0n) is 12.5. The summed E-state index contributed by atoms with van der Waals surface area (Å²) in [4.78, 5) is 36.9. The zero-order valence-corrected chi connectivity index (χ0v) is 12.5. The number of carbonyl (C=O) groups is 3. The number of rotatable bonds is 3. The van der Waals surface area contributed by atoms with Crippen LogP contribution in [0.3, 0.4) is 0 Å². The highest BCUT2D eigenvalue weighted by molar-refractivity contribution is 6.08. The lowest BCUT2D eigenvalue weighted by Gasteiger charge is -2.19. The first-order valence-corrected chi connectivity index (χ1v) is 6.96. The van der Waals surface area contributed by atoms with Crippen molar-refractivity contribution in [1.29, 1.82) is 0 Å². The third-order valence-corrected chi connectivity index (χ3v) is 3.48. The van der Waals surface area contributed by atoms with Crippen molar-refractivity contribution in [1.82, 2.24) is 10.2 Å². The van der Waals surface area contributed by atoms with E-state index in [2.05, 4.69) is 5.32 Å². The number of nitrogens with zero attached hydrogens (tertiary/aromatic N) is 1. The number of alkyl halides is 3. The lowest BCUT2D eigenvalue weighted by Crippen LogP contribution is -2.44. The Bertz CT molecular complexity index is 656. The van der Waals surface area contributed by atoms with Gasteiger partial charge in [-0.3, -0.25) is 19.3 Å². The molecule has 23 heavy (non-hydrogen) atoms. The van der Waals surface area contributed by atoms with Gasteiger partial charge >= 0.3 is 6.18 Å². The molecular weight excluding hydrogens is 313 g/mol. The van der Waals surface area contributed by atoms with Crippen LogP contribution in [0.5, 0.6) is 0 Å². The molecule has 0 bridgehead atoms. The molecule has 1 unspecified atom stereocenters. The Kier molecular flexibility index (Phi) is 4.44. The highest BCUT2D eigenvalue weighted by Gasteiger charge is 2.42. The number of amides is 3. The highest BCUT2D eigenvalue weighted by atomic mass is 19.4. The summed E-state index contributed by atoms with van der Waals surface area (Å²) in [5.74, 6) is -2.10. The van der Waals surface area contributed by atoms with Gasteiger partial charge in [0.1, 0.15) is 6.04 Å². The van der Waals surface area contributed by atoms with E-state index in [1.54, 1.807) is 13.8 Å². The summed E-state index contributed by atoms with van der Waals surface area (Å²) in [7, 11) is 0. The van der Waals surface area contributed by atoms with Crippen molar-refractivity contribution in [2.24, 2.45) is 0 Å². The van der Waals surface area contributed by atoms with Crippen molar-refractivity contribution < 1.29 is 27.6 Å². The van der Waals surface area contributed by atoms with E-state index in [1.165, 1.54) is 12.1 Å². The minimum atomic E-state index is -4.69. The van der Waals surface area contributed by atoms with Crippen LogP contribution in [0.1, 0.15) is 36.2 Å². The second kappa shape index (κ2) is 6.02. The minimum absolute atomic E-state index is 0.253. The molecule has 1 aliphatic heterocycles. The lowest BCUT2D eigenvalue weighted by atomic mass is 10.1. The number of carbonyl (C=O) groups excluding carboxylic acids is 3. The molecule has 2 rings (SSSR count). The fraction of sp³-hybridized carbons (Fsp3) is 0.400. The smallest absolute Gasteiger partial charge is 0.340 e. The SMILES string of the molecule is CC(C)N1C(=O)CC(NC(=O)c2ccccc2C(F)(F)F)C1=O. The molecule has 1 heterocycles. The van der Waals surface area contributed by atoms with Gasteiger partial charge in [-0.15, -0.1) is 0 Å². The molecule has 1 atom stereocenters. The highest BCUT2D eigenvalue weighted by Crippen LogP contribution is 2.32. The van der Waals surface area contributed by atoms with E-state index in [0.29, 0.717) is 0 Å². The van der Waals surface area contributed by atoms with E-state index in [0.717, 1.165) is 17.0 Å². The van der Waals surface area contributed by atoms with Crippen LogP contribution >= 0.6 is 0 Å². The Balaban J connectivity index is 2.22. The number of halogens is 3. The Hall–Kier alpha value is -2.38. The topological polar surface area (TPSA) is 66.5 Å². The first kappa shape index (κ1) is 17.0. The molecule has 5 nitrogen and oxygen atoms in total. The Morgan fingerprint density at radius 1 is 1.26 bits per heavy atom. The predicted octanol–water partition coefficient (Wildman–Crippen LogP) is 1.97. The molecule has 0 radical (unpaired) electrons. The predicted molar refractivity (Wildman–Crippen MR) is 74.3 cm³/mol. The average Bonchev–Trinajstić information content (AvgIpc) is 2.72. The number of nitrogens with one attached hydrogen (secondary N) is 1. The molecule has 1 aromatic rings. The van der Waals surface area contributed by atoms with Crippen molar-refractivity contribution in [2.45, 2.75) is 38.5 Å². The standard InChI is InChI=1S/C15H15F3N2O3/c1-8(2)20-12(21)7-11(14(20)23)19-13(22)9-5-3-4-6-10(9)15(16,17)18/h3-6,8,11H,7H2,1-2H3,(H,19,22). The van der Waals surface area contributed by atoms with Gasteiger partial charge in [-0.25, -0.2) is 0 Å². The Morgan fingerprint density at radius 3 is 2.39 bits per heavy atom. The van der Waals surface area contributed by atoms with Gasteiger partial charge < -0.3 is 5.32 Å². The summed E-state index contributed by atoms with van der Waals surface area (Å²) in [6.45, 7) is 3.28. The van der Waals surface area contributed by atoms with Crippen molar-refractivity contribution in [2.75, 3.05) is 0 Å². The zero-order chi connectivity index (χ0) is 17.4. The number of likely N-dealkylation sites (tertiary alicyclic amines) is 1. The van der Waals surface area contributed by atoms with Crippen LogP contribution in [0.4, 0.5) is 13.2 Å². The van der Waals surface area contributed by atoms with Crippen LogP contribution in [-0.2, 0) is 15.8 Å². The van der Waals surface area contributed by atoms with Crippen LogP contribution in [0.25, 0.3) is 0 Å². The summed E-state index contributed by atoms with van der Waals surface area (Å²) in [5, 5.41) is 2.22. The van der Waals surface area contributed by atoms with Crippen molar-refractivity contribution >= 4 is 17.7 Å². The van der Waals surface area contributed by atoms with E-state index in [-0.39, 0.29) is 12.5 Å². The van der Waals surface area contributed by atoms with Gasteiger partial charge in [-0.2, -0.15) is 13.2 Å². The Morgan fingerprint density at radius 2 is 1.87 bits per heavy atom. The summed E-state index contributed by atoms with van der Waals surface area (Å²) >= 11 is 0. The van der Waals surface area contributed by atoms with Gasteiger partial charge in [0.25, 0.3) is 11.8 Å². The largest absolute Gasteiger partial charge is 0.417 e. The van der Waals surface area contributed by atoms with Gasteiger partial charge in [0.05, 0.1) is 17.5 Å². The number of hydrogen-bond donors (Lipinski definition) is 1. The van der Waals surface area contributed by atoms with Gasteiger partial charge in [0, 0.05) is 6.04 Å². The monoisotopic (exact) mass is 328 g/mol. The molecule has 0 aromatic heterocycles. The molecule has 1 fully saturated rings. The fourth-order valence-electron chi connectivity index (χ4n) is 2.47. The molecule has 1 N–H and O–H groups in total. The first-order valence-electron chi connectivity index (χ1n) is 6.96. The molecule has 1 aromatic carbocycles. The van der Waals surface area contributed by atoms with E-state index in [1.807, 2.05) is 0 Å². The third kappa shape index (κ3) is 3.35. The van der Waals surface area contributed by atoms with E-state index in [4.69, 9.17) is 0 Å². The van der Waals surface area contributed by atoms with Crippen molar-refractivity contribution in [3.05, 3.63) is 35.4 Å². The summed E-state index contributed by atoms with van der Waals surface area (Å²) in [5.41, 5.74) is -1.67. The molecular formula is C15H15F3N2O3. The number of benzene rings is 1. The maximum Gasteiger partial charge on any atom is 0.417 e. The van der Waals surface area contributed by atoms with Crippen molar-refractivity contribution in [3.8, 4) is 0 Å². The fourth-order valence-corrected chi connectivity index (χ4v) is 2.47. The average molecular weight is 328 g/mol. The summed E-state index contributed by atoms with van der Waals surface area (Å²) < 4.78 is 38.8. The van der Waals surface area contributed by atoms with Crippen LogP contribution in [0.15, 0.2) is 24.3 Å². The third-order valence-electron chi connectivity index (χ3n) is 3.48. The van der Waals surface area contributed by atoms with Crippen LogP contribution < -0.4 is 5.32 Å². The molecule has 0 aliphatic carbocycles. The van der Waals surface area contributed by atoms with E-state index < -0.39 is 41.1 Å². The Labute approximate surface area is 130 Å². The second-order valence-corrected chi connectivity index (χ2v) is 5.47. The number of imide groups is 1. The maximum atomic E-state index is 12.9. The summed E-state index contributed by atoms with van der Waals surface area (Å²) in [6.07, 6.45) is -4.94. The summed E-state index contributed by atoms with van der Waals surface area (Å²) in [6, 6.07) is 2.77. The van der Waals surface area contributed by atoms with Crippen LogP contribution in [-0.4, -0.2) is 34.7 Å². The van der Waals surface area contributed by atoms with Gasteiger partial charge in [0.2, 0.25) is 5.91 Å². The first-order chi connectivity index (χ1) is 10.6. The molecule has 0 saturated carbocycles. The normalized spacial score (nSPS) is 18.7. The molecule has 1 saturated heterocycles. The minimum Gasteiger partial charge on any atom is -0.340 e. The van der Waals surface area contributed by atoms with Gasteiger partial charge in [-0.05, 0) is 26.0 Å². The van der Waals surface area contributed by atoms with E-state index >= 15 is 0 Å². The van der Waals surface area contributed by atoms with Crippen LogP contribution in [0, 0.1) is 0 Å². The molecule has 1 aliphatic rings. The van der Waals surface area contributed by atoms with Crippen LogP contribution in [0.2, 0.25) is 0 Å². The van der Waals surface area contributed by atoms with Gasteiger partial charge in [-0.1, -0.05) is 12.1 Å². The number of hydrogen-bond acceptors (Lipinski definition) is 3. The molecule has 0 spiro atoms. The van der Waals surface area contributed by atoms with E-state index in [9.17, 15) is 27.6 Å². The molecule has 8 heteroatoms. The second-order valence-electron chi connectivity index (χ2n) is 5.47.